The number of unbranched alkanes of at least 4 members (excludes halogenated alkanes) is 13. The Balaban J connectivity index is 0.00000676. The summed E-state index contributed by atoms with van der Waals surface area (Å²) < 4.78 is 4.22. The third-order valence-corrected chi connectivity index (χ3v) is 5.08. The largest absolute Gasteiger partial charge is 0.792 e. The van der Waals surface area contributed by atoms with E-state index in [2.05, 4.69) is 29.2 Å². The van der Waals surface area contributed by atoms with E-state index in [-0.39, 0.29) is 17.0 Å². The van der Waals surface area contributed by atoms with Crippen LogP contribution in [0.15, 0.2) is 23.9 Å². The van der Waals surface area contributed by atoms with Gasteiger partial charge in [-0.2, -0.15) is 0 Å². The SMILES string of the molecule is Br.CCCCCCCCCCCCCCCCn1cc[n+](C/C(C)=N/[O-])c1. The Kier molecular flexibility index (Phi) is 17.9. The van der Waals surface area contributed by atoms with E-state index in [9.17, 15) is 5.21 Å². The van der Waals surface area contributed by atoms with Crippen molar-refractivity contribution < 1.29 is 4.57 Å². The fourth-order valence-electron chi connectivity index (χ4n) is 3.45. The van der Waals surface area contributed by atoms with Crippen LogP contribution in [0.1, 0.15) is 104 Å². The van der Waals surface area contributed by atoms with Crippen molar-refractivity contribution >= 4 is 22.7 Å². The predicted octanol–water partition coefficient (Wildman–Crippen LogP) is 6.79. The van der Waals surface area contributed by atoms with E-state index < -0.39 is 0 Å². The lowest BCUT2D eigenvalue weighted by Gasteiger charge is -2.03. The van der Waals surface area contributed by atoms with E-state index in [1.807, 2.05) is 10.8 Å². The zero-order valence-corrected chi connectivity index (χ0v) is 19.4. The van der Waals surface area contributed by atoms with Gasteiger partial charge in [0.1, 0.15) is 18.9 Å². The van der Waals surface area contributed by atoms with Crippen LogP contribution in [0, 0.1) is 5.21 Å². The van der Waals surface area contributed by atoms with Crippen LogP contribution in [0.3, 0.4) is 0 Å². The molecule has 0 fully saturated rings. The molecular formula is C22H42BrN3O. The Bertz CT molecular complexity index is 474. The van der Waals surface area contributed by atoms with Crippen LogP contribution in [0.2, 0.25) is 0 Å². The lowest BCUT2D eigenvalue weighted by molar-refractivity contribution is -0.681. The molecule has 0 saturated carbocycles. The molecule has 0 radical (unpaired) electrons. The molecule has 0 atom stereocenters. The van der Waals surface area contributed by atoms with Crippen LogP contribution in [0.4, 0.5) is 0 Å². The highest BCUT2D eigenvalue weighted by molar-refractivity contribution is 8.93. The molecule has 0 saturated heterocycles. The Labute approximate surface area is 177 Å². The number of hydrogen-bond donors (Lipinski definition) is 0. The third kappa shape index (κ3) is 14.8. The quantitative estimate of drug-likeness (QED) is 0.113. The van der Waals surface area contributed by atoms with Gasteiger partial charge in [0.2, 0.25) is 6.33 Å². The average molecular weight is 445 g/mol. The summed E-state index contributed by atoms with van der Waals surface area (Å²) in [5.41, 5.74) is 0.615. The van der Waals surface area contributed by atoms with Gasteiger partial charge in [0.15, 0.2) is 0 Å². The average Bonchev–Trinajstić information content (AvgIpc) is 3.09. The molecule has 158 valence electrons. The zero-order valence-electron chi connectivity index (χ0n) is 17.7. The van der Waals surface area contributed by atoms with Crippen LogP contribution < -0.4 is 4.57 Å². The van der Waals surface area contributed by atoms with E-state index in [4.69, 9.17) is 0 Å². The first-order valence-electron chi connectivity index (χ1n) is 11.0. The second-order valence-electron chi connectivity index (χ2n) is 7.75. The van der Waals surface area contributed by atoms with Gasteiger partial charge in [-0.3, -0.25) is 0 Å². The van der Waals surface area contributed by atoms with Crippen molar-refractivity contribution in [1.29, 1.82) is 0 Å². The molecule has 1 rings (SSSR count). The highest BCUT2D eigenvalue weighted by atomic mass is 79.9. The zero-order chi connectivity index (χ0) is 18.9. The predicted molar refractivity (Wildman–Crippen MR) is 122 cm³/mol. The first-order valence-corrected chi connectivity index (χ1v) is 11.0. The summed E-state index contributed by atoms with van der Waals surface area (Å²) in [5, 5.41) is 13.4. The monoisotopic (exact) mass is 443 g/mol. The maximum Gasteiger partial charge on any atom is 0.244 e. The smallest absolute Gasteiger partial charge is 0.244 e. The summed E-state index contributed by atoms with van der Waals surface area (Å²) in [6, 6.07) is 0. The highest BCUT2D eigenvalue weighted by Crippen LogP contribution is 2.13. The minimum atomic E-state index is 0. The molecule has 0 N–H and O–H groups in total. The number of aromatic nitrogens is 2. The summed E-state index contributed by atoms with van der Waals surface area (Å²) in [6.07, 6.45) is 25.7. The van der Waals surface area contributed by atoms with Crippen molar-refractivity contribution in [2.75, 3.05) is 0 Å². The molecule has 0 aliphatic heterocycles. The van der Waals surface area contributed by atoms with Gasteiger partial charge in [-0.1, -0.05) is 84.0 Å². The lowest BCUT2D eigenvalue weighted by atomic mass is 10.0. The number of rotatable bonds is 17. The number of nitrogens with zero attached hydrogens (tertiary/aromatic N) is 3. The topological polar surface area (TPSA) is 44.2 Å². The van der Waals surface area contributed by atoms with E-state index in [1.165, 1.54) is 89.9 Å². The highest BCUT2D eigenvalue weighted by Gasteiger charge is 2.04. The summed E-state index contributed by atoms with van der Waals surface area (Å²) in [7, 11) is 0. The summed E-state index contributed by atoms with van der Waals surface area (Å²) in [5.74, 6) is 0. The second-order valence-corrected chi connectivity index (χ2v) is 7.75. The molecule has 1 aromatic rings. The minimum absolute atomic E-state index is 0. The molecule has 0 bridgehead atoms. The second kappa shape index (κ2) is 18.5. The van der Waals surface area contributed by atoms with E-state index in [0.29, 0.717) is 12.3 Å². The van der Waals surface area contributed by atoms with Gasteiger partial charge in [-0.15, -0.1) is 17.0 Å². The summed E-state index contributed by atoms with van der Waals surface area (Å²) in [6.45, 7) is 5.71. The van der Waals surface area contributed by atoms with Crippen molar-refractivity contribution in [3.8, 4) is 0 Å². The number of aryl methyl sites for hydroxylation is 1. The van der Waals surface area contributed by atoms with Gasteiger partial charge in [-0.05, 0) is 19.8 Å². The molecule has 0 aliphatic carbocycles. The molecule has 0 unspecified atom stereocenters. The van der Waals surface area contributed by atoms with Crippen molar-refractivity contribution in [2.24, 2.45) is 5.16 Å². The van der Waals surface area contributed by atoms with Gasteiger partial charge in [0.25, 0.3) is 0 Å². The molecule has 0 aliphatic rings. The maximum absolute atomic E-state index is 10.4. The Morgan fingerprint density at radius 2 is 1.33 bits per heavy atom. The Hall–Kier alpha value is -0.840. The van der Waals surface area contributed by atoms with Gasteiger partial charge < -0.3 is 10.4 Å². The first-order chi connectivity index (χ1) is 12.8. The fourth-order valence-corrected chi connectivity index (χ4v) is 3.45. The standard InChI is InChI=1S/C22H41N3O.BrH/c1-3-4-5-6-7-8-9-10-11-12-13-14-15-16-17-24-18-19-25(21-24)20-22(2)23-26;/h18-19,21H,3-17,20H2,1-2H3;1H/b23-22+;. The molecule has 27 heavy (non-hydrogen) atoms. The van der Waals surface area contributed by atoms with E-state index in [0.717, 1.165) is 6.54 Å². The van der Waals surface area contributed by atoms with Gasteiger partial charge >= 0.3 is 0 Å². The molecule has 0 amide bonds. The molecule has 0 aromatic carbocycles. The first kappa shape index (κ1) is 26.2. The molecule has 1 aromatic heterocycles. The molecule has 4 nitrogen and oxygen atoms in total. The van der Waals surface area contributed by atoms with Crippen LogP contribution in [-0.2, 0) is 13.1 Å². The van der Waals surface area contributed by atoms with E-state index >= 15 is 0 Å². The Morgan fingerprint density at radius 3 is 1.81 bits per heavy atom. The number of halogens is 1. The maximum atomic E-state index is 10.4. The molecule has 5 heteroatoms. The third-order valence-electron chi connectivity index (χ3n) is 5.08. The van der Waals surface area contributed by atoms with Gasteiger partial charge in [0.05, 0.1) is 6.54 Å². The summed E-state index contributed by atoms with van der Waals surface area (Å²) >= 11 is 0. The van der Waals surface area contributed by atoms with Crippen LogP contribution in [0.5, 0.6) is 0 Å². The molecule has 1 heterocycles. The fraction of sp³-hybridized carbons (Fsp3) is 0.818. The van der Waals surface area contributed by atoms with Crippen molar-refractivity contribution in [2.45, 2.75) is 117 Å². The molecular weight excluding hydrogens is 402 g/mol. The van der Waals surface area contributed by atoms with Gasteiger partial charge in [0, 0.05) is 5.71 Å². The summed E-state index contributed by atoms with van der Waals surface area (Å²) in [4.78, 5) is 0. The van der Waals surface area contributed by atoms with Crippen molar-refractivity contribution in [3.63, 3.8) is 0 Å². The number of imidazole rings is 1. The minimum Gasteiger partial charge on any atom is -0.792 e. The van der Waals surface area contributed by atoms with E-state index in [1.54, 1.807) is 6.92 Å². The lowest BCUT2D eigenvalue weighted by Crippen LogP contribution is -2.34. The number of hydrogen-bond acceptors (Lipinski definition) is 2. The van der Waals surface area contributed by atoms with Crippen LogP contribution in [-0.4, -0.2) is 10.3 Å². The normalized spacial score (nSPS) is 11.6. The van der Waals surface area contributed by atoms with Crippen molar-refractivity contribution in [1.82, 2.24) is 4.57 Å². The van der Waals surface area contributed by atoms with Gasteiger partial charge in [-0.25, -0.2) is 9.13 Å². The molecule has 0 spiro atoms. The Morgan fingerprint density at radius 1 is 0.852 bits per heavy atom. The van der Waals surface area contributed by atoms with Crippen LogP contribution in [0.25, 0.3) is 0 Å². The van der Waals surface area contributed by atoms with Crippen molar-refractivity contribution in [3.05, 3.63) is 23.9 Å². The van der Waals surface area contributed by atoms with Crippen LogP contribution >= 0.6 is 17.0 Å².